The van der Waals surface area contributed by atoms with Crippen LogP contribution in [0.25, 0.3) is 5.69 Å². The average Bonchev–Trinajstić information content (AvgIpc) is 3.32. The minimum Gasteiger partial charge on any atom is -0.391 e. The Morgan fingerprint density at radius 3 is 2.55 bits per heavy atom. The molecule has 7 nitrogen and oxygen atoms in total. The molecular weight excluding hydrogens is 390 g/mol. The number of rotatable bonds is 6. The van der Waals surface area contributed by atoms with Crippen molar-refractivity contribution in [3.63, 3.8) is 0 Å². The SMILES string of the molecule is O=c1[nH]c(Nc2ccc(CNC3c4ccccc4CC3O)cc2)nn1-c1ccccc1. The van der Waals surface area contributed by atoms with Gasteiger partial charge in [0.15, 0.2) is 0 Å². The molecule has 3 aromatic carbocycles. The van der Waals surface area contributed by atoms with Crippen molar-refractivity contribution in [1.82, 2.24) is 20.1 Å². The molecule has 0 fully saturated rings. The summed E-state index contributed by atoms with van der Waals surface area (Å²) < 4.78 is 1.32. The molecule has 0 saturated heterocycles. The van der Waals surface area contributed by atoms with Gasteiger partial charge in [-0.1, -0.05) is 54.6 Å². The lowest BCUT2D eigenvalue weighted by Gasteiger charge is -2.18. The Labute approximate surface area is 179 Å². The average molecular weight is 413 g/mol. The highest BCUT2D eigenvalue weighted by molar-refractivity contribution is 5.53. The van der Waals surface area contributed by atoms with E-state index in [1.165, 1.54) is 15.8 Å². The topological polar surface area (TPSA) is 95.0 Å². The van der Waals surface area contributed by atoms with Crippen LogP contribution in [0.1, 0.15) is 22.7 Å². The number of aliphatic hydroxyl groups excluding tert-OH is 1. The van der Waals surface area contributed by atoms with Crippen molar-refractivity contribution in [2.45, 2.75) is 25.1 Å². The summed E-state index contributed by atoms with van der Waals surface area (Å²) >= 11 is 0. The van der Waals surface area contributed by atoms with Crippen molar-refractivity contribution in [3.8, 4) is 5.69 Å². The maximum absolute atomic E-state index is 12.2. The molecule has 0 spiro atoms. The zero-order valence-electron chi connectivity index (χ0n) is 16.8. The Hall–Kier alpha value is -3.68. The summed E-state index contributed by atoms with van der Waals surface area (Å²) in [6.07, 6.45) is 0.278. The van der Waals surface area contributed by atoms with Gasteiger partial charge in [-0.15, -0.1) is 5.10 Å². The number of H-pyrrole nitrogens is 1. The van der Waals surface area contributed by atoms with E-state index < -0.39 is 6.10 Å². The molecule has 1 aliphatic rings. The van der Waals surface area contributed by atoms with Gasteiger partial charge in [0.2, 0.25) is 5.95 Å². The third-order valence-electron chi connectivity index (χ3n) is 5.57. The first-order chi connectivity index (χ1) is 15.2. The first kappa shape index (κ1) is 19.3. The second-order valence-corrected chi connectivity index (χ2v) is 7.68. The third-order valence-corrected chi connectivity index (χ3v) is 5.57. The highest BCUT2D eigenvalue weighted by Gasteiger charge is 2.29. The number of aromatic nitrogens is 3. The van der Waals surface area contributed by atoms with E-state index in [1.54, 1.807) is 0 Å². The molecule has 1 aromatic heterocycles. The van der Waals surface area contributed by atoms with E-state index in [1.807, 2.05) is 66.7 Å². The predicted octanol–water partition coefficient (Wildman–Crippen LogP) is 3.05. The van der Waals surface area contributed by atoms with Gasteiger partial charge in [0.25, 0.3) is 0 Å². The fraction of sp³-hybridized carbons (Fsp3) is 0.167. The third kappa shape index (κ3) is 4.01. The molecule has 31 heavy (non-hydrogen) atoms. The summed E-state index contributed by atoms with van der Waals surface area (Å²) in [5.41, 5.74) is 4.70. The second kappa shape index (κ2) is 8.22. The molecule has 1 heterocycles. The van der Waals surface area contributed by atoms with Gasteiger partial charge in [0.05, 0.1) is 17.8 Å². The van der Waals surface area contributed by atoms with E-state index in [2.05, 4.69) is 32.8 Å². The van der Waals surface area contributed by atoms with Gasteiger partial charge in [-0.25, -0.2) is 4.79 Å². The first-order valence-corrected chi connectivity index (χ1v) is 10.3. The molecule has 5 rings (SSSR count). The van der Waals surface area contributed by atoms with Crippen LogP contribution in [0.15, 0.2) is 83.7 Å². The number of nitrogens with one attached hydrogen (secondary N) is 3. The molecule has 4 N–H and O–H groups in total. The summed E-state index contributed by atoms with van der Waals surface area (Å²) in [4.78, 5) is 14.9. The Bertz CT molecular complexity index is 1230. The van der Waals surface area contributed by atoms with Crippen molar-refractivity contribution in [2.24, 2.45) is 0 Å². The van der Waals surface area contributed by atoms with E-state index in [0.717, 1.165) is 11.3 Å². The Morgan fingerprint density at radius 2 is 1.74 bits per heavy atom. The van der Waals surface area contributed by atoms with Gasteiger partial charge in [0, 0.05) is 18.7 Å². The Balaban J connectivity index is 1.24. The summed E-state index contributed by atoms with van der Waals surface area (Å²) in [6.45, 7) is 0.649. The normalized spacial score (nSPS) is 17.5. The Kier molecular flexibility index (Phi) is 5.11. The number of hydrogen-bond donors (Lipinski definition) is 4. The van der Waals surface area contributed by atoms with Crippen molar-refractivity contribution < 1.29 is 5.11 Å². The van der Waals surface area contributed by atoms with Crippen molar-refractivity contribution in [2.75, 3.05) is 5.32 Å². The number of benzene rings is 3. The van der Waals surface area contributed by atoms with Crippen LogP contribution in [0.5, 0.6) is 0 Å². The molecule has 2 atom stereocenters. The summed E-state index contributed by atoms with van der Waals surface area (Å²) in [5, 5.41) is 21.3. The number of aliphatic hydroxyl groups is 1. The minimum atomic E-state index is -0.408. The van der Waals surface area contributed by atoms with E-state index in [0.29, 0.717) is 24.6 Å². The second-order valence-electron chi connectivity index (χ2n) is 7.68. The molecule has 1 aliphatic carbocycles. The first-order valence-electron chi connectivity index (χ1n) is 10.3. The van der Waals surface area contributed by atoms with Crippen LogP contribution in [0.3, 0.4) is 0 Å². The van der Waals surface area contributed by atoms with Gasteiger partial charge >= 0.3 is 5.69 Å². The van der Waals surface area contributed by atoms with Gasteiger partial charge in [-0.2, -0.15) is 4.68 Å². The van der Waals surface area contributed by atoms with Gasteiger partial charge in [-0.3, -0.25) is 4.98 Å². The largest absolute Gasteiger partial charge is 0.391 e. The highest BCUT2D eigenvalue weighted by atomic mass is 16.3. The fourth-order valence-corrected chi connectivity index (χ4v) is 4.02. The van der Waals surface area contributed by atoms with E-state index in [9.17, 15) is 9.90 Å². The van der Waals surface area contributed by atoms with E-state index >= 15 is 0 Å². The number of hydrogen-bond acceptors (Lipinski definition) is 5. The molecule has 156 valence electrons. The standard InChI is InChI=1S/C24H23N5O2/c30-21-14-17-6-4-5-9-20(17)22(21)25-15-16-10-12-18(13-11-16)26-23-27-24(31)29(28-23)19-7-2-1-3-8-19/h1-13,21-22,25,30H,14-15H2,(H2,26,27,28,31). The summed E-state index contributed by atoms with van der Waals surface area (Å²) in [5.74, 6) is 0.380. The van der Waals surface area contributed by atoms with Crippen LogP contribution in [0.2, 0.25) is 0 Å². The molecule has 7 heteroatoms. The zero-order valence-corrected chi connectivity index (χ0v) is 16.8. The lowest BCUT2D eigenvalue weighted by molar-refractivity contribution is 0.140. The number of nitrogens with zero attached hydrogens (tertiary/aromatic N) is 2. The van der Waals surface area contributed by atoms with Crippen LogP contribution >= 0.6 is 0 Å². The maximum atomic E-state index is 12.2. The van der Waals surface area contributed by atoms with Crippen molar-refractivity contribution in [1.29, 1.82) is 0 Å². The van der Waals surface area contributed by atoms with E-state index in [4.69, 9.17) is 0 Å². The lowest BCUT2D eigenvalue weighted by atomic mass is 10.1. The number of para-hydroxylation sites is 1. The molecule has 0 aliphatic heterocycles. The van der Waals surface area contributed by atoms with Crippen LogP contribution in [0.4, 0.5) is 11.6 Å². The smallest absolute Gasteiger partial charge is 0.349 e. The van der Waals surface area contributed by atoms with E-state index in [-0.39, 0.29) is 11.7 Å². The van der Waals surface area contributed by atoms with Crippen LogP contribution < -0.4 is 16.3 Å². The summed E-state index contributed by atoms with van der Waals surface area (Å²) in [6, 6.07) is 25.3. The fourth-order valence-electron chi connectivity index (χ4n) is 4.02. The quantitative estimate of drug-likeness (QED) is 0.390. The summed E-state index contributed by atoms with van der Waals surface area (Å²) in [7, 11) is 0. The molecule has 0 radical (unpaired) electrons. The van der Waals surface area contributed by atoms with Gasteiger partial charge < -0.3 is 15.7 Å². The van der Waals surface area contributed by atoms with Crippen LogP contribution in [0, 0.1) is 0 Å². The molecular formula is C24H23N5O2. The number of aromatic amines is 1. The molecule has 0 bridgehead atoms. The molecule has 2 unspecified atom stereocenters. The van der Waals surface area contributed by atoms with Crippen LogP contribution in [-0.2, 0) is 13.0 Å². The monoisotopic (exact) mass is 413 g/mol. The molecule has 0 amide bonds. The predicted molar refractivity (Wildman–Crippen MR) is 120 cm³/mol. The zero-order chi connectivity index (χ0) is 21.2. The maximum Gasteiger partial charge on any atom is 0.349 e. The van der Waals surface area contributed by atoms with Crippen LogP contribution in [-0.4, -0.2) is 26.0 Å². The van der Waals surface area contributed by atoms with Crippen molar-refractivity contribution in [3.05, 3.63) is 106 Å². The Morgan fingerprint density at radius 1 is 1.00 bits per heavy atom. The minimum absolute atomic E-state index is 0.0546. The number of fused-ring (bicyclic) bond motifs is 1. The van der Waals surface area contributed by atoms with Crippen molar-refractivity contribution >= 4 is 11.6 Å². The van der Waals surface area contributed by atoms with Gasteiger partial charge in [-0.05, 0) is 41.0 Å². The molecule has 4 aromatic rings. The van der Waals surface area contributed by atoms with Gasteiger partial charge in [0.1, 0.15) is 0 Å². The molecule has 0 saturated carbocycles. The highest BCUT2D eigenvalue weighted by Crippen LogP contribution is 2.31. The lowest BCUT2D eigenvalue weighted by Crippen LogP contribution is -2.28. The number of anilines is 2.